The molecular weight excluding hydrogens is 388 g/mol. The second-order valence-electron chi connectivity index (χ2n) is 8.19. The number of carbonyl (C=O) groups excluding carboxylic acids is 2. The molecule has 2 amide bonds. The Balaban J connectivity index is 2.18. The summed E-state index contributed by atoms with van der Waals surface area (Å²) in [6, 6.07) is 13.4. The van der Waals surface area contributed by atoms with Crippen molar-refractivity contribution in [1.82, 2.24) is 10.2 Å². The number of carbonyl (C=O) groups is 2. The molecule has 0 heterocycles. The van der Waals surface area contributed by atoms with Crippen LogP contribution >= 0.6 is 0 Å². The van der Waals surface area contributed by atoms with Gasteiger partial charge in [-0.05, 0) is 62.4 Å². The van der Waals surface area contributed by atoms with Gasteiger partial charge in [0.2, 0.25) is 5.91 Å². The van der Waals surface area contributed by atoms with Gasteiger partial charge in [0.1, 0.15) is 11.8 Å². The molecule has 2 rings (SSSR count). The summed E-state index contributed by atoms with van der Waals surface area (Å²) in [5, 5.41) is 2.98. The van der Waals surface area contributed by atoms with Gasteiger partial charge in [-0.25, -0.2) is 0 Å². The van der Waals surface area contributed by atoms with Crippen LogP contribution < -0.4 is 10.1 Å². The Morgan fingerprint density at radius 2 is 1.61 bits per heavy atom. The summed E-state index contributed by atoms with van der Waals surface area (Å²) in [7, 11) is 0. The van der Waals surface area contributed by atoms with Crippen molar-refractivity contribution in [1.29, 1.82) is 0 Å². The first-order valence-corrected chi connectivity index (χ1v) is 11.2. The van der Waals surface area contributed by atoms with E-state index in [1.54, 1.807) is 4.90 Å². The zero-order chi connectivity index (χ0) is 22.8. The monoisotopic (exact) mass is 424 g/mol. The first-order valence-electron chi connectivity index (χ1n) is 11.2. The number of ether oxygens (including phenoxy) is 1. The van der Waals surface area contributed by atoms with Crippen LogP contribution in [0.1, 0.15) is 55.4 Å². The maximum absolute atomic E-state index is 13.2. The highest BCUT2D eigenvalue weighted by atomic mass is 16.5. The van der Waals surface area contributed by atoms with Gasteiger partial charge in [-0.1, -0.05) is 56.2 Å². The van der Waals surface area contributed by atoms with Crippen molar-refractivity contribution < 1.29 is 14.3 Å². The van der Waals surface area contributed by atoms with E-state index in [9.17, 15) is 9.59 Å². The van der Waals surface area contributed by atoms with Crippen molar-refractivity contribution in [2.45, 2.75) is 66.5 Å². The fraction of sp³-hybridized carbons (Fsp3) is 0.462. The highest BCUT2D eigenvalue weighted by molar-refractivity contribution is 5.88. The summed E-state index contributed by atoms with van der Waals surface area (Å²) in [4.78, 5) is 27.7. The Bertz CT molecular complexity index is 841. The number of amides is 2. The molecule has 1 atom stereocenters. The van der Waals surface area contributed by atoms with Crippen LogP contribution in [0.25, 0.3) is 0 Å². The van der Waals surface area contributed by atoms with Crippen LogP contribution in [0.4, 0.5) is 0 Å². The van der Waals surface area contributed by atoms with Gasteiger partial charge in [0.15, 0.2) is 6.61 Å². The van der Waals surface area contributed by atoms with Crippen LogP contribution in [0, 0.1) is 20.8 Å². The fourth-order valence-electron chi connectivity index (χ4n) is 3.56. The van der Waals surface area contributed by atoms with Crippen molar-refractivity contribution in [3.05, 3.63) is 64.7 Å². The normalized spacial score (nSPS) is 11.6. The molecule has 0 fully saturated rings. The van der Waals surface area contributed by atoms with E-state index >= 15 is 0 Å². The van der Waals surface area contributed by atoms with Crippen LogP contribution in [0.15, 0.2) is 42.5 Å². The first kappa shape index (κ1) is 24.4. The summed E-state index contributed by atoms with van der Waals surface area (Å²) in [5.74, 6) is 0.363. The molecule has 2 aromatic rings. The maximum Gasteiger partial charge on any atom is 0.261 e. The summed E-state index contributed by atoms with van der Waals surface area (Å²) < 4.78 is 5.82. The smallest absolute Gasteiger partial charge is 0.261 e. The average Bonchev–Trinajstić information content (AvgIpc) is 2.73. The number of hydrogen-bond acceptors (Lipinski definition) is 3. The highest BCUT2D eigenvalue weighted by Crippen LogP contribution is 2.18. The van der Waals surface area contributed by atoms with Crippen molar-refractivity contribution in [3.63, 3.8) is 0 Å². The van der Waals surface area contributed by atoms with Gasteiger partial charge in [0.05, 0.1) is 0 Å². The Hall–Kier alpha value is -2.82. The molecule has 0 saturated carbocycles. The SMILES string of the molecule is CCCCNC(=O)[C@H](CC)N(Cc1ccc(C)cc1)C(=O)COc1cc(C)cc(C)c1. The lowest BCUT2D eigenvalue weighted by molar-refractivity contribution is -0.143. The fourth-order valence-corrected chi connectivity index (χ4v) is 3.56. The number of nitrogens with one attached hydrogen (secondary N) is 1. The molecule has 0 unspecified atom stereocenters. The molecule has 31 heavy (non-hydrogen) atoms. The number of benzene rings is 2. The lowest BCUT2D eigenvalue weighted by atomic mass is 10.1. The Kier molecular flexibility index (Phi) is 9.57. The minimum atomic E-state index is -0.534. The van der Waals surface area contributed by atoms with Crippen molar-refractivity contribution in [3.8, 4) is 5.75 Å². The van der Waals surface area contributed by atoms with Gasteiger partial charge >= 0.3 is 0 Å². The van der Waals surface area contributed by atoms with Gasteiger partial charge in [-0.15, -0.1) is 0 Å². The highest BCUT2D eigenvalue weighted by Gasteiger charge is 2.28. The molecule has 5 heteroatoms. The zero-order valence-electron chi connectivity index (χ0n) is 19.5. The summed E-state index contributed by atoms with van der Waals surface area (Å²) >= 11 is 0. The standard InChI is InChI=1S/C26H36N2O3/c1-6-8-13-27-26(30)24(7-2)28(17-22-11-9-19(3)10-12-22)25(29)18-31-23-15-20(4)14-21(5)16-23/h9-12,14-16,24H,6-8,13,17-18H2,1-5H3,(H,27,30)/t24-/m0/s1. The van der Waals surface area contributed by atoms with Crippen molar-refractivity contribution in [2.75, 3.05) is 13.2 Å². The van der Waals surface area contributed by atoms with Crippen LogP contribution in [-0.4, -0.2) is 35.9 Å². The number of nitrogens with zero attached hydrogens (tertiary/aromatic N) is 1. The van der Waals surface area contributed by atoms with E-state index in [-0.39, 0.29) is 18.4 Å². The summed E-state index contributed by atoms with van der Waals surface area (Å²) in [5.41, 5.74) is 4.32. The van der Waals surface area contributed by atoms with Crippen LogP contribution in [0.5, 0.6) is 5.75 Å². The third-order valence-corrected chi connectivity index (χ3v) is 5.25. The molecule has 0 bridgehead atoms. The van der Waals surface area contributed by atoms with Crippen LogP contribution in [-0.2, 0) is 16.1 Å². The predicted octanol–water partition coefficient (Wildman–Crippen LogP) is 4.71. The Morgan fingerprint density at radius 3 is 2.19 bits per heavy atom. The number of hydrogen-bond donors (Lipinski definition) is 1. The third kappa shape index (κ3) is 7.74. The van der Waals surface area contributed by atoms with Gasteiger partial charge in [0.25, 0.3) is 5.91 Å². The maximum atomic E-state index is 13.2. The van der Waals surface area contributed by atoms with Crippen molar-refractivity contribution in [2.24, 2.45) is 0 Å². The number of unbranched alkanes of at least 4 members (excludes halogenated alkanes) is 1. The first-order chi connectivity index (χ1) is 14.8. The largest absolute Gasteiger partial charge is 0.484 e. The Labute approximate surface area is 186 Å². The lowest BCUT2D eigenvalue weighted by Gasteiger charge is -2.30. The molecule has 0 spiro atoms. The quantitative estimate of drug-likeness (QED) is 0.531. The molecule has 0 radical (unpaired) electrons. The van der Waals surface area contributed by atoms with Gasteiger partial charge in [-0.2, -0.15) is 0 Å². The predicted molar refractivity (Wildman–Crippen MR) is 125 cm³/mol. The van der Waals surface area contributed by atoms with E-state index in [0.29, 0.717) is 25.3 Å². The molecule has 0 saturated heterocycles. The molecule has 168 valence electrons. The second kappa shape index (κ2) is 12.1. The minimum Gasteiger partial charge on any atom is -0.484 e. The van der Waals surface area contributed by atoms with E-state index in [1.165, 1.54) is 0 Å². The number of rotatable bonds is 11. The van der Waals surface area contributed by atoms with Gasteiger partial charge < -0.3 is 15.0 Å². The molecule has 0 aliphatic rings. The van der Waals surface area contributed by atoms with Crippen molar-refractivity contribution >= 4 is 11.8 Å². The second-order valence-corrected chi connectivity index (χ2v) is 8.19. The topological polar surface area (TPSA) is 58.6 Å². The number of aryl methyl sites for hydroxylation is 3. The van der Waals surface area contributed by atoms with E-state index in [0.717, 1.165) is 35.1 Å². The summed E-state index contributed by atoms with van der Waals surface area (Å²) in [6.07, 6.45) is 2.47. The Morgan fingerprint density at radius 1 is 0.968 bits per heavy atom. The third-order valence-electron chi connectivity index (χ3n) is 5.25. The van der Waals surface area contributed by atoms with Gasteiger partial charge in [0, 0.05) is 13.1 Å². The van der Waals surface area contributed by atoms with Crippen LogP contribution in [0.3, 0.4) is 0 Å². The molecule has 0 aliphatic carbocycles. The molecule has 0 aliphatic heterocycles. The molecule has 2 aromatic carbocycles. The molecule has 1 N–H and O–H groups in total. The molecule has 5 nitrogen and oxygen atoms in total. The zero-order valence-corrected chi connectivity index (χ0v) is 19.5. The van der Waals surface area contributed by atoms with E-state index in [4.69, 9.17) is 4.74 Å². The van der Waals surface area contributed by atoms with Crippen LogP contribution in [0.2, 0.25) is 0 Å². The lowest BCUT2D eigenvalue weighted by Crippen LogP contribution is -2.50. The molecular formula is C26H36N2O3. The van der Waals surface area contributed by atoms with Gasteiger partial charge in [-0.3, -0.25) is 9.59 Å². The van der Waals surface area contributed by atoms with E-state index in [1.807, 2.05) is 64.1 Å². The molecule has 0 aromatic heterocycles. The minimum absolute atomic E-state index is 0.104. The van der Waals surface area contributed by atoms with E-state index in [2.05, 4.69) is 18.3 Å². The average molecular weight is 425 g/mol. The summed E-state index contributed by atoms with van der Waals surface area (Å²) in [6.45, 7) is 10.9. The van der Waals surface area contributed by atoms with E-state index < -0.39 is 6.04 Å².